The highest BCUT2D eigenvalue weighted by Gasteiger charge is 2.07. The molecule has 108 valence electrons. The lowest BCUT2D eigenvalue weighted by Gasteiger charge is -2.04. The summed E-state index contributed by atoms with van der Waals surface area (Å²) in [6.45, 7) is 0. The Hall–Kier alpha value is -2.09. The van der Waals surface area contributed by atoms with Crippen LogP contribution in [0.2, 0.25) is 0 Å². The molecule has 0 bridgehead atoms. The molecule has 2 N–H and O–H groups in total. The van der Waals surface area contributed by atoms with Crippen LogP contribution >= 0.6 is 22.6 Å². The lowest BCUT2D eigenvalue weighted by molar-refractivity contribution is 0.0954. The number of phenolic OH excluding ortho intramolecular Hbond substituents is 1. The molecular formula is C15H13IN2O3. The Labute approximate surface area is 135 Å². The quantitative estimate of drug-likeness (QED) is 0.475. The summed E-state index contributed by atoms with van der Waals surface area (Å²) in [7, 11) is 1.48. The zero-order valence-electron chi connectivity index (χ0n) is 11.2. The van der Waals surface area contributed by atoms with Crippen LogP contribution in [0.15, 0.2) is 47.6 Å². The Balaban J connectivity index is 2.04. The Kier molecular flexibility index (Phi) is 5.15. The molecular weight excluding hydrogens is 383 g/mol. The largest absolute Gasteiger partial charge is 0.504 e. The molecule has 1 amide bonds. The monoisotopic (exact) mass is 396 g/mol. The lowest BCUT2D eigenvalue weighted by atomic mass is 10.2. The van der Waals surface area contributed by atoms with Crippen molar-refractivity contribution in [2.75, 3.05) is 7.11 Å². The van der Waals surface area contributed by atoms with Crippen molar-refractivity contribution < 1.29 is 14.6 Å². The molecule has 0 unspecified atom stereocenters. The number of benzene rings is 2. The molecule has 0 aliphatic heterocycles. The fraction of sp³-hybridized carbons (Fsp3) is 0.0667. The van der Waals surface area contributed by atoms with E-state index in [1.54, 1.807) is 24.3 Å². The van der Waals surface area contributed by atoms with Crippen molar-refractivity contribution >= 4 is 34.7 Å². The van der Waals surface area contributed by atoms with E-state index in [2.05, 4.69) is 33.1 Å². The van der Waals surface area contributed by atoms with Crippen LogP contribution in [0, 0.1) is 3.57 Å². The molecule has 2 aromatic carbocycles. The Morgan fingerprint density at radius 3 is 2.76 bits per heavy atom. The van der Waals surface area contributed by atoms with Gasteiger partial charge in [0, 0.05) is 3.57 Å². The third kappa shape index (κ3) is 3.94. The average molecular weight is 396 g/mol. The van der Waals surface area contributed by atoms with E-state index in [1.807, 2.05) is 12.1 Å². The summed E-state index contributed by atoms with van der Waals surface area (Å²) in [5, 5.41) is 13.5. The number of ether oxygens (including phenoxy) is 1. The van der Waals surface area contributed by atoms with E-state index in [9.17, 15) is 9.90 Å². The molecule has 0 fully saturated rings. The molecule has 0 heterocycles. The molecule has 0 saturated heterocycles. The average Bonchev–Trinajstić information content (AvgIpc) is 2.48. The molecule has 21 heavy (non-hydrogen) atoms. The number of amides is 1. The van der Waals surface area contributed by atoms with Crippen LogP contribution < -0.4 is 10.2 Å². The molecule has 0 aromatic heterocycles. The second kappa shape index (κ2) is 7.07. The van der Waals surface area contributed by atoms with Gasteiger partial charge in [-0.2, -0.15) is 5.10 Å². The number of methoxy groups -OCH3 is 1. The second-order valence-electron chi connectivity index (χ2n) is 4.11. The van der Waals surface area contributed by atoms with Gasteiger partial charge in [0.15, 0.2) is 11.5 Å². The Bertz CT molecular complexity index is 686. The van der Waals surface area contributed by atoms with E-state index in [4.69, 9.17) is 4.74 Å². The number of phenols is 1. The molecule has 6 heteroatoms. The van der Waals surface area contributed by atoms with E-state index < -0.39 is 0 Å². The van der Waals surface area contributed by atoms with Crippen molar-refractivity contribution in [2.45, 2.75) is 0 Å². The molecule has 0 radical (unpaired) electrons. The van der Waals surface area contributed by atoms with E-state index in [-0.39, 0.29) is 11.7 Å². The number of aromatic hydroxyl groups is 1. The minimum Gasteiger partial charge on any atom is -0.504 e. The first kappa shape index (κ1) is 15.3. The number of rotatable bonds is 4. The molecule has 0 aliphatic carbocycles. The normalized spacial score (nSPS) is 10.6. The third-order valence-electron chi connectivity index (χ3n) is 2.70. The van der Waals surface area contributed by atoms with Crippen LogP contribution in [0.3, 0.4) is 0 Å². The van der Waals surface area contributed by atoms with E-state index in [0.29, 0.717) is 16.9 Å². The zero-order chi connectivity index (χ0) is 15.2. The third-order valence-corrected chi connectivity index (χ3v) is 3.64. The highest BCUT2D eigenvalue weighted by atomic mass is 127. The van der Waals surface area contributed by atoms with Gasteiger partial charge >= 0.3 is 0 Å². The highest BCUT2D eigenvalue weighted by Crippen LogP contribution is 2.25. The number of hydrazone groups is 1. The van der Waals surface area contributed by atoms with E-state index in [1.165, 1.54) is 19.4 Å². The second-order valence-corrected chi connectivity index (χ2v) is 5.27. The van der Waals surface area contributed by atoms with Crippen molar-refractivity contribution in [2.24, 2.45) is 5.10 Å². The molecule has 0 aliphatic rings. The predicted molar refractivity (Wildman–Crippen MR) is 88.9 cm³/mol. The number of hydrogen-bond acceptors (Lipinski definition) is 4. The molecule has 0 spiro atoms. The summed E-state index contributed by atoms with van der Waals surface area (Å²) in [5.74, 6) is 0.120. The lowest BCUT2D eigenvalue weighted by Crippen LogP contribution is -2.18. The van der Waals surface area contributed by atoms with Crippen LogP contribution in [0.5, 0.6) is 11.5 Å². The fourth-order valence-electron chi connectivity index (χ4n) is 1.66. The van der Waals surface area contributed by atoms with E-state index in [0.717, 1.165) is 3.57 Å². The first-order chi connectivity index (χ1) is 10.1. The molecule has 0 saturated carbocycles. The van der Waals surface area contributed by atoms with Crippen molar-refractivity contribution in [3.63, 3.8) is 0 Å². The van der Waals surface area contributed by atoms with Crippen LogP contribution in [0.1, 0.15) is 15.9 Å². The molecule has 2 aromatic rings. The number of hydrogen-bond donors (Lipinski definition) is 2. The van der Waals surface area contributed by atoms with Crippen LogP contribution in [0.4, 0.5) is 0 Å². The summed E-state index contributed by atoms with van der Waals surface area (Å²) in [5.41, 5.74) is 3.66. The summed E-state index contributed by atoms with van der Waals surface area (Å²) in [4.78, 5) is 11.9. The first-order valence-electron chi connectivity index (χ1n) is 6.06. The van der Waals surface area contributed by atoms with Gasteiger partial charge in [-0.15, -0.1) is 0 Å². The standard InChI is InChI=1S/C15H13IN2O3/c1-21-14-7-6-10(8-13(14)19)9-17-18-15(20)11-4-2-3-5-12(11)16/h2-9,19H,1H3,(H,18,20)/b17-9-. The fourth-order valence-corrected chi connectivity index (χ4v) is 2.29. The maximum Gasteiger partial charge on any atom is 0.272 e. The van der Waals surface area contributed by atoms with Gasteiger partial charge in [0.25, 0.3) is 5.91 Å². The van der Waals surface area contributed by atoms with Crippen molar-refractivity contribution in [1.82, 2.24) is 5.43 Å². The molecule has 0 atom stereocenters. The maximum atomic E-state index is 11.9. The highest BCUT2D eigenvalue weighted by molar-refractivity contribution is 14.1. The predicted octanol–water partition coefficient (Wildman–Crippen LogP) is 2.77. The number of carbonyl (C=O) groups excluding carboxylic acids is 1. The summed E-state index contributed by atoms with van der Waals surface area (Å²) >= 11 is 2.09. The van der Waals surface area contributed by atoms with Crippen molar-refractivity contribution in [3.8, 4) is 11.5 Å². The number of carbonyl (C=O) groups is 1. The van der Waals surface area contributed by atoms with Gasteiger partial charge in [-0.05, 0) is 58.5 Å². The molecule has 5 nitrogen and oxygen atoms in total. The Morgan fingerprint density at radius 2 is 2.10 bits per heavy atom. The maximum absolute atomic E-state index is 11.9. The zero-order valence-corrected chi connectivity index (χ0v) is 13.4. The molecule has 2 rings (SSSR count). The van der Waals surface area contributed by atoms with Crippen LogP contribution in [-0.4, -0.2) is 24.3 Å². The summed E-state index contributed by atoms with van der Waals surface area (Å²) < 4.78 is 5.80. The summed E-state index contributed by atoms with van der Waals surface area (Å²) in [6, 6.07) is 12.1. The minimum absolute atomic E-state index is 0.0189. The topological polar surface area (TPSA) is 70.9 Å². The SMILES string of the molecule is COc1ccc(/C=N\NC(=O)c2ccccc2I)cc1O. The summed E-state index contributed by atoms with van der Waals surface area (Å²) in [6.07, 6.45) is 1.45. The van der Waals surface area contributed by atoms with Crippen LogP contribution in [-0.2, 0) is 0 Å². The van der Waals surface area contributed by atoms with Gasteiger partial charge in [0.05, 0.1) is 18.9 Å². The van der Waals surface area contributed by atoms with Gasteiger partial charge in [0.1, 0.15) is 0 Å². The van der Waals surface area contributed by atoms with Gasteiger partial charge in [-0.3, -0.25) is 4.79 Å². The number of nitrogens with zero attached hydrogens (tertiary/aromatic N) is 1. The number of halogens is 1. The van der Waals surface area contributed by atoms with Gasteiger partial charge in [-0.1, -0.05) is 12.1 Å². The van der Waals surface area contributed by atoms with Gasteiger partial charge in [-0.25, -0.2) is 5.43 Å². The van der Waals surface area contributed by atoms with Crippen molar-refractivity contribution in [3.05, 3.63) is 57.2 Å². The van der Waals surface area contributed by atoms with Gasteiger partial charge in [0.2, 0.25) is 0 Å². The minimum atomic E-state index is -0.283. The van der Waals surface area contributed by atoms with Crippen LogP contribution in [0.25, 0.3) is 0 Å². The van der Waals surface area contributed by atoms with Gasteiger partial charge < -0.3 is 9.84 Å². The van der Waals surface area contributed by atoms with E-state index >= 15 is 0 Å². The Morgan fingerprint density at radius 1 is 1.33 bits per heavy atom. The number of nitrogens with one attached hydrogen (secondary N) is 1. The van der Waals surface area contributed by atoms with Crippen molar-refractivity contribution in [1.29, 1.82) is 0 Å². The smallest absolute Gasteiger partial charge is 0.272 e. The first-order valence-corrected chi connectivity index (χ1v) is 7.14.